The Labute approximate surface area is 74.0 Å². The molecule has 1 nitrogen and oxygen atoms in total. The van der Waals surface area contributed by atoms with E-state index in [-0.39, 0.29) is 0 Å². The van der Waals surface area contributed by atoms with E-state index in [4.69, 9.17) is 0 Å². The second-order valence-corrected chi connectivity index (χ2v) is 3.71. The van der Waals surface area contributed by atoms with E-state index in [0.717, 1.165) is 6.04 Å². The van der Waals surface area contributed by atoms with Gasteiger partial charge in [0, 0.05) is 6.04 Å². The topological polar surface area (TPSA) is 3.01 Å². The normalized spacial score (nSPS) is 33.4. The molecule has 0 aromatic heterocycles. The van der Waals surface area contributed by atoms with Gasteiger partial charge in [0.15, 0.2) is 0 Å². The van der Waals surface area contributed by atoms with Crippen molar-refractivity contribution in [3.05, 3.63) is 35.4 Å². The van der Waals surface area contributed by atoms with Crippen molar-refractivity contribution in [1.29, 1.82) is 0 Å². The number of rotatable bonds is 1. The van der Waals surface area contributed by atoms with Gasteiger partial charge in [-0.05, 0) is 32.0 Å². The van der Waals surface area contributed by atoms with Crippen molar-refractivity contribution in [2.75, 3.05) is 7.05 Å². The summed E-state index contributed by atoms with van der Waals surface area (Å²) in [6.45, 7) is 4.46. The van der Waals surface area contributed by atoms with Gasteiger partial charge in [0.25, 0.3) is 0 Å². The van der Waals surface area contributed by atoms with Crippen LogP contribution in [-0.4, -0.2) is 18.0 Å². The van der Waals surface area contributed by atoms with E-state index in [1.54, 1.807) is 0 Å². The highest BCUT2D eigenvalue weighted by atomic mass is 15.3. The summed E-state index contributed by atoms with van der Waals surface area (Å²) in [5.41, 5.74) is 2.91. The van der Waals surface area contributed by atoms with Crippen molar-refractivity contribution in [3.63, 3.8) is 0 Å². The number of benzene rings is 1. The molecule has 0 amide bonds. The van der Waals surface area contributed by atoms with Crippen molar-refractivity contribution in [2.45, 2.75) is 25.9 Å². The van der Waals surface area contributed by atoms with Gasteiger partial charge in [-0.1, -0.05) is 24.3 Å². The molecule has 0 bridgehead atoms. The molecule has 1 unspecified atom stereocenters. The van der Waals surface area contributed by atoms with Crippen LogP contribution < -0.4 is 0 Å². The Morgan fingerprint density at radius 1 is 1.25 bits per heavy atom. The predicted molar refractivity (Wildman–Crippen MR) is 51.1 cm³/mol. The van der Waals surface area contributed by atoms with Gasteiger partial charge < -0.3 is 0 Å². The molecule has 1 aromatic carbocycles. The third-order valence-corrected chi connectivity index (χ3v) is 2.96. The smallest absolute Gasteiger partial charge is 0.0504 e. The zero-order chi connectivity index (χ0) is 8.72. The van der Waals surface area contributed by atoms with Crippen LogP contribution in [0, 0.1) is 6.92 Å². The molecule has 64 valence electrons. The molecule has 1 heterocycles. The summed E-state index contributed by atoms with van der Waals surface area (Å²) in [6, 6.07) is 10.1. The zero-order valence-electron chi connectivity index (χ0n) is 7.91. The minimum atomic E-state index is 0.672. The summed E-state index contributed by atoms with van der Waals surface area (Å²) in [4.78, 5) is 2.39. The lowest BCUT2D eigenvalue weighted by Crippen LogP contribution is -1.90. The standard InChI is InChI=1S/C11H15N/c1-8-6-4-5-7-10(8)11-9(2)12(11)3/h4-7,9,11H,1-3H3/t9-,11-,12?/m1/s1. The van der Waals surface area contributed by atoms with E-state index in [1.807, 2.05) is 0 Å². The van der Waals surface area contributed by atoms with Gasteiger partial charge >= 0.3 is 0 Å². The third-order valence-electron chi connectivity index (χ3n) is 2.96. The molecule has 0 N–H and O–H groups in total. The van der Waals surface area contributed by atoms with E-state index < -0.39 is 0 Å². The van der Waals surface area contributed by atoms with E-state index in [2.05, 4.69) is 50.1 Å². The van der Waals surface area contributed by atoms with Crippen LogP contribution in [0.5, 0.6) is 0 Å². The molecular formula is C11H15N. The maximum absolute atomic E-state index is 2.39. The van der Waals surface area contributed by atoms with Crippen molar-refractivity contribution in [3.8, 4) is 0 Å². The van der Waals surface area contributed by atoms with Crippen molar-refractivity contribution >= 4 is 0 Å². The quantitative estimate of drug-likeness (QED) is 0.571. The highest BCUT2D eigenvalue weighted by Crippen LogP contribution is 2.41. The lowest BCUT2D eigenvalue weighted by molar-refractivity contribution is 0.600. The van der Waals surface area contributed by atoms with Crippen molar-refractivity contribution in [1.82, 2.24) is 4.90 Å². The molecule has 0 aliphatic carbocycles. The second kappa shape index (κ2) is 2.60. The first-order valence-corrected chi connectivity index (χ1v) is 4.49. The van der Waals surface area contributed by atoms with E-state index in [1.165, 1.54) is 11.1 Å². The molecule has 1 aliphatic rings. The number of hydrogen-bond donors (Lipinski definition) is 0. The first-order chi connectivity index (χ1) is 5.72. The van der Waals surface area contributed by atoms with Gasteiger partial charge in [-0.15, -0.1) is 0 Å². The summed E-state index contributed by atoms with van der Waals surface area (Å²) in [5.74, 6) is 0. The highest BCUT2D eigenvalue weighted by molar-refractivity contribution is 5.33. The molecule has 1 aliphatic heterocycles. The van der Waals surface area contributed by atoms with Crippen LogP contribution in [-0.2, 0) is 0 Å². The van der Waals surface area contributed by atoms with E-state index in [9.17, 15) is 0 Å². The Morgan fingerprint density at radius 2 is 1.83 bits per heavy atom. The van der Waals surface area contributed by atoms with Crippen LogP contribution in [0.2, 0.25) is 0 Å². The van der Waals surface area contributed by atoms with Crippen molar-refractivity contribution in [2.24, 2.45) is 0 Å². The zero-order valence-corrected chi connectivity index (χ0v) is 7.91. The molecule has 1 aromatic rings. The fourth-order valence-corrected chi connectivity index (χ4v) is 1.89. The Hall–Kier alpha value is -0.820. The lowest BCUT2D eigenvalue weighted by Gasteiger charge is -2.02. The van der Waals surface area contributed by atoms with Crippen LogP contribution >= 0.6 is 0 Å². The molecule has 1 fully saturated rings. The molecular weight excluding hydrogens is 146 g/mol. The Morgan fingerprint density at radius 3 is 2.33 bits per heavy atom. The minimum absolute atomic E-state index is 0.672. The fraction of sp³-hybridized carbons (Fsp3) is 0.455. The monoisotopic (exact) mass is 161 g/mol. The SMILES string of the molecule is Cc1ccccc1[C@H]1[C@@H](C)N1C. The fourth-order valence-electron chi connectivity index (χ4n) is 1.89. The summed E-state index contributed by atoms with van der Waals surface area (Å²) in [5, 5.41) is 0. The maximum Gasteiger partial charge on any atom is 0.0504 e. The van der Waals surface area contributed by atoms with E-state index in [0.29, 0.717) is 6.04 Å². The van der Waals surface area contributed by atoms with Gasteiger partial charge in [-0.2, -0.15) is 0 Å². The number of nitrogens with zero attached hydrogens (tertiary/aromatic N) is 1. The minimum Gasteiger partial charge on any atom is -0.293 e. The first-order valence-electron chi connectivity index (χ1n) is 4.49. The molecule has 0 saturated carbocycles. The number of hydrogen-bond acceptors (Lipinski definition) is 1. The largest absolute Gasteiger partial charge is 0.293 e. The predicted octanol–water partition coefficient (Wildman–Crippen LogP) is 2.37. The maximum atomic E-state index is 2.39. The molecule has 3 atom stereocenters. The molecule has 12 heavy (non-hydrogen) atoms. The number of aryl methyl sites for hydroxylation is 1. The van der Waals surface area contributed by atoms with Crippen molar-refractivity contribution < 1.29 is 0 Å². The van der Waals surface area contributed by atoms with Crippen LogP contribution in [0.4, 0.5) is 0 Å². The Balaban J connectivity index is 2.30. The van der Waals surface area contributed by atoms with Crippen LogP contribution in [0.15, 0.2) is 24.3 Å². The first kappa shape index (κ1) is 7.81. The summed E-state index contributed by atoms with van der Waals surface area (Å²) < 4.78 is 0. The molecule has 0 spiro atoms. The average molecular weight is 161 g/mol. The Bertz CT molecular complexity index is 285. The summed E-state index contributed by atoms with van der Waals surface area (Å²) in [6.07, 6.45) is 0. The summed E-state index contributed by atoms with van der Waals surface area (Å²) in [7, 11) is 2.18. The number of likely N-dealkylation sites (N-methyl/N-ethyl adjacent to an activating group) is 1. The van der Waals surface area contributed by atoms with Gasteiger partial charge in [0.2, 0.25) is 0 Å². The second-order valence-electron chi connectivity index (χ2n) is 3.71. The molecule has 1 heteroatoms. The van der Waals surface area contributed by atoms with Gasteiger partial charge in [0.05, 0.1) is 6.04 Å². The highest BCUT2D eigenvalue weighted by Gasteiger charge is 2.41. The third kappa shape index (κ3) is 1.05. The van der Waals surface area contributed by atoms with Crippen LogP contribution in [0.25, 0.3) is 0 Å². The lowest BCUT2D eigenvalue weighted by atomic mass is 10.0. The van der Waals surface area contributed by atoms with Crippen LogP contribution in [0.3, 0.4) is 0 Å². The molecule has 2 rings (SSSR count). The average Bonchev–Trinajstić information content (AvgIpc) is 2.62. The van der Waals surface area contributed by atoms with Gasteiger partial charge in [0.1, 0.15) is 0 Å². The van der Waals surface area contributed by atoms with Crippen LogP contribution in [0.1, 0.15) is 24.1 Å². The summed E-state index contributed by atoms with van der Waals surface area (Å²) >= 11 is 0. The van der Waals surface area contributed by atoms with Gasteiger partial charge in [-0.3, -0.25) is 4.90 Å². The van der Waals surface area contributed by atoms with Gasteiger partial charge in [-0.25, -0.2) is 0 Å². The van der Waals surface area contributed by atoms with E-state index >= 15 is 0 Å². The molecule has 0 radical (unpaired) electrons. The Kier molecular flexibility index (Phi) is 1.69. The molecule has 1 saturated heterocycles.